The number of carbonyl (C=O) groups excluding carboxylic acids is 3. The lowest BCUT2D eigenvalue weighted by Crippen LogP contribution is -2.75. The third-order valence-electron chi connectivity index (χ3n) is 10.2. The van der Waals surface area contributed by atoms with Crippen LogP contribution >= 0.6 is 0 Å². The predicted molar refractivity (Wildman–Crippen MR) is 144 cm³/mol. The van der Waals surface area contributed by atoms with Gasteiger partial charge in [0.15, 0.2) is 17.2 Å². The number of hydrogen-bond donors (Lipinski definition) is 5. The lowest BCUT2D eigenvalue weighted by Gasteiger charge is -2.63. The lowest BCUT2D eigenvalue weighted by molar-refractivity contribution is -0.215. The monoisotopic (exact) mass is 536 g/mol. The van der Waals surface area contributed by atoms with Crippen molar-refractivity contribution in [2.24, 2.45) is 22.7 Å². The van der Waals surface area contributed by atoms with E-state index < -0.39 is 74.7 Å². The molecule has 0 saturated heterocycles. The molecule has 1 aromatic rings. The van der Waals surface area contributed by atoms with Crippen LogP contribution in [0, 0.1) is 22.7 Å². The van der Waals surface area contributed by atoms with Crippen molar-refractivity contribution in [2.45, 2.75) is 78.4 Å². The number of rotatable bonds is 3. The number of Topliss-reactive ketones (excluding diaryl/α,β-unsaturated/α-hetero) is 3. The summed E-state index contributed by atoms with van der Waals surface area (Å²) >= 11 is 0. The summed E-state index contributed by atoms with van der Waals surface area (Å²) in [5.41, 5.74) is -5.22. The molecule has 2 fully saturated rings. The van der Waals surface area contributed by atoms with Crippen molar-refractivity contribution in [2.75, 3.05) is 0 Å². The molecule has 0 heterocycles. The molecule has 0 amide bonds. The highest BCUT2D eigenvalue weighted by molar-refractivity contribution is 6.24. The van der Waals surface area contributed by atoms with Crippen LogP contribution in [0.1, 0.15) is 83.4 Å². The summed E-state index contributed by atoms with van der Waals surface area (Å²) < 4.78 is 0. The molecule has 5 N–H and O–H groups in total. The summed E-state index contributed by atoms with van der Waals surface area (Å²) in [5.74, 6) is -7.00. The minimum atomic E-state index is -2.88. The van der Waals surface area contributed by atoms with E-state index >= 15 is 0 Å². The fraction of sp³-hybridized carbons (Fsp3) is 0.516. The molecule has 1 unspecified atom stereocenters. The van der Waals surface area contributed by atoms with Crippen molar-refractivity contribution >= 4 is 29.2 Å². The Morgan fingerprint density at radius 3 is 2.23 bits per heavy atom. The van der Waals surface area contributed by atoms with Crippen molar-refractivity contribution in [3.8, 4) is 5.75 Å². The summed E-state index contributed by atoms with van der Waals surface area (Å²) in [7, 11) is 0. The number of aliphatic hydroxyl groups is 4. The van der Waals surface area contributed by atoms with Gasteiger partial charge in [-0.3, -0.25) is 14.4 Å². The van der Waals surface area contributed by atoms with Crippen molar-refractivity contribution in [3.63, 3.8) is 0 Å². The van der Waals surface area contributed by atoms with E-state index in [4.69, 9.17) is 0 Å². The number of phenols is 1. The number of carbonyl (C=O) groups is 3. The van der Waals surface area contributed by atoms with Gasteiger partial charge >= 0.3 is 0 Å². The normalized spacial score (nSPS) is 35.9. The number of ketones is 3. The molecular formula is C31H36O8. The Hall–Kier alpha value is -3.23. The molecule has 0 spiro atoms. The van der Waals surface area contributed by atoms with Crippen LogP contribution in [0.5, 0.6) is 5.75 Å². The van der Waals surface area contributed by atoms with Crippen LogP contribution in [-0.2, 0) is 14.4 Å². The highest BCUT2D eigenvalue weighted by Crippen LogP contribution is 2.67. The van der Waals surface area contributed by atoms with Crippen LogP contribution in [0.15, 0.2) is 34.6 Å². The van der Waals surface area contributed by atoms with E-state index in [0.717, 1.165) is 31.8 Å². The van der Waals surface area contributed by atoms with Crippen LogP contribution < -0.4 is 0 Å². The van der Waals surface area contributed by atoms with E-state index in [-0.39, 0.29) is 16.9 Å². The second-order valence-electron chi connectivity index (χ2n) is 12.4. The second-order valence-corrected chi connectivity index (χ2v) is 12.4. The Morgan fingerprint density at radius 1 is 1.10 bits per heavy atom. The smallest absolute Gasteiger partial charge is 0.203 e. The Morgan fingerprint density at radius 2 is 1.72 bits per heavy atom. The van der Waals surface area contributed by atoms with E-state index in [1.165, 1.54) is 6.92 Å². The zero-order chi connectivity index (χ0) is 29.0. The molecule has 39 heavy (non-hydrogen) atoms. The van der Waals surface area contributed by atoms with Crippen LogP contribution in [0.3, 0.4) is 0 Å². The zero-order valence-electron chi connectivity index (χ0n) is 23.1. The summed E-state index contributed by atoms with van der Waals surface area (Å²) in [6.45, 7) is 9.16. The van der Waals surface area contributed by atoms with Crippen LogP contribution in [0.25, 0.3) is 11.8 Å². The average molecular weight is 537 g/mol. The number of aromatic hydroxyl groups is 1. The van der Waals surface area contributed by atoms with Gasteiger partial charge in [-0.15, -0.1) is 0 Å². The largest absolute Gasteiger partial charge is 0.508 e. The number of aliphatic hydroxyl groups excluding tert-OH is 3. The van der Waals surface area contributed by atoms with Gasteiger partial charge in [-0.25, -0.2) is 0 Å². The maximum absolute atomic E-state index is 14.4. The van der Waals surface area contributed by atoms with E-state index in [1.807, 2.05) is 6.08 Å². The summed E-state index contributed by atoms with van der Waals surface area (Å²) in [6, 6.07) is 3.49. The molecule has 208 valence electrons. The van der Waals surface area contributed by atoms with Gasteiger partial charge in [0.2, 0.25) is 5.78 Å². The Balaban J connectivity index is 1.85. The SMILES string of the molecule is CC(=O)C1=C(O)[C@]2(O)C(=O)C3=C(O)c4c(ccc(C=C5CCC5)c4O)[C@@H](C)[C@]3(C)[C@@H](O)[C@]2(C)C(C(C)C)C1=O. The van der Waals surface area contributed by atoms with Gasteiger partial charge in [0.05, 0.1) is 17.2 Å². The Kier molecular flexibility index (Phi) is 5.88. The van der Waals surface area contributed by atoms with E-state index in [2.05, 4.69) is 0 Å². The fourth-order valence-electron chi connectivity index (χ4n) is 7.80. The Labute approximate surface area is 227 Å². The number of allylic oxidation sites excluding steroid dienone is 2. The molecule has 8 nitrogen and oxygen atoms in total. The maximum atomic E-state index is 14.4. The van der Waals surface area contributed by atoms with Crippen LogP contribution in [0.2, 0.25) is 0 Å². The number of hydrogen-bond acceptors (Lipinski definition) is 8. The molecule has 0 bridgehead atoms. The molecule has 0 aromatic heterocycles. The highest BCUT2D eigenvalue weighted by atomic mass is 16.4. The van der Waals surface area contributed by atoms with Gasteiger partial charge in [-0.1, -0.05) is 58.4 Å². The van der Waals surface area contributed by atoms with E-state index in [9.17, 15) is 39.9 Å². The predicted octanol–water partition coefficient (Wildman–Crippen LogP) is 4.29. The summed E-state index contributed by atoms with van der Waals surface area (Å²) in [4.78, 5) is 40.5. The third kappa shape index (κ3) is 3.04. The lowest BCUT2D eigenvalue weighted by atomic mass is 9.40. The van der Waals surface area contributed by atoms with Crippen molar-refractivity contribution in [1.82, 2.24) is 0 Å². The maximum Gasteiger partial charge on any atom is 0.203 e. The van der Waals surface area contributed by atoms with Gasteiger partial charge in [0.25, 0.3) is 0 Å². The van der Waals surface area contributed by atoms with E-state index in [0.29, 0.717) is 11.1 Å². The summed E-state index contributed by atoms with van der Waals surface area (Å²) in [6.07, 6.45) is 3.11. The van der Waals surface area contributed by atoms with Gasteiger partial charge in [-0.05, 0) is 43.6 Å². The first-order chi connectivity index (χ1) is 18.1. The second kappa shape index (κ2) is 8.38. The number of phenolic OH excluding ortho intramolecular Hbond substituents is 1. The minimum Gasteiger partial charge on any atom is -0.508 e. The molecule has 4 aliphatic rings. The first-order valence-electron chi connectivity index (χ1n) is 13.5. The quantitative estimate of drug-likeness (QED) is 0.359. The van der Waals surface area contributed by atoms with Crippen molar-refractivity contribution < 1.29 is 39.9 Å². The van der Waals surface area contributed by atoms with Crippen molar-refractivity contribution in [1.29, 1.82) is 0 Å². The molecule has 2 saturated carbocycles. The van der Waals surface area contributed by atoms with Gasteiger partial charge in [0.1, 0.15) is 22.8 Å². The van der Waals surface area contributed by atoms with Gasteiger partial charge in [0, 0.05) is 22.3 Å². The number of benzene rings is 1. The zero-order valence-corrected chi connectivity index (χ0v) is 23.1. The van der Waals surface area contributed by atoms with Crippen LogP contribution in [0.4, 0.5) is 0 Å². The first-order valence-corrected chi connectivity index (χ1v) is 13.5. The molecule has 8 heteroatoms. The Bertz CT molecular complexity index is 1440. The standard InChI is InChI=1S/C31H36O8/c1-13(2)21-24(34)19(15(4)32)26(36)31(39)27(37)22-25(35)20-18(14(3)29(22,5)28(38)30(21,31)6)11-10-17(23(20)33)12-16-8-7-9-16/h10-14,21,28,33,35-36,38-39H,7-9H2,1-6H3/t14-,21?,28-,29+,30+,31+/m1/s1. The molecule has 1 aromatic carbocycles. The molecule has 6 atom stereocenters. The third-order valence-corrected chi connectivity index (χ3v) is 10.2. The van der Waals surface area contributed by atoms with Crippen molar-refractivity contribution in [3.05, 3.63) is 51.3 Å². The average Bonchev–Trinajstić information content (AvgIpc) is 2.82. The van der Waals surface area contributed by atoms with Gasteiger partial charge in [-0.2, -0.15) is 0 Å². The molecule has 5 rings (SSSR count). The molecule has 4 aliphatic carbocycles. The van der Waals surface area contributed by atoms with Crippen LogP contribution in [-0.4, -0.2) is 54.6 Å². The summed E-state index contributed by atoms with van der Waals surface area (Å²) in [5, 5.41) is 58.5. The topological polar surface area (TPSA) is 152 Å². The minimum absolute atomic E-state index is 0.0268. The molecule has 0 aliphatic heterocycles. The molecular weight excluding hydrogens is 500 g/mol. The number of fused-ring (bicyclic) bond motifs is 3. The fourth-order valence-corrected chi connectivity index (χ4v) is 7.80. The first kappa shape index (κ1) is 27.3. The van der Waals surface area contributed by atoms with E-state index in [1.54, 1.807) is 39.8 Å². The van der Waals surface area contributed by atoms with Gasteiger partial charge < -0.3 is 25.5 Å². The molecule has 0 radical (unpaired) electrons. The highest BCUT2D eigenvalue weighted by Gasteiger charge is 2.77.